The first-order valence-corrected chi connectivity index (χ1v) is 3.63. The van der Waals surface area contributed by atoms with Gasteiger partial charge in [-0.2, -0.15) is 5.10 Å². The summed E-state index contributed by atoms with van der Waals surface area (Å²) >= 11 is 3.29. The van der Waals surface area contributed by atoms with Gasteiger partial charge in [-0.05, 0) is 15.9 Å². The minimum absolute atomic E-state index is 0.907. The Morgan fingerprint density at radius 3 is 3.44 bits per heavy atom. The van der Waals surface area contributed by atoms with E-state index in [1.165, 1.54) is 0 Å². The molecule has 0 atom stereocenters. The van der Waals surface area contributed by atoms with Crippen LogP contribution in [0.15, 0.2) is 10.7 Å². The molecule has 1 aliphatic heterocycles. The summed E-state index contributed by atoms with van der Waals surface area (Å²) in [4.78, 5) is 0. The van der Waals surface area contributed by atoms with Crippen LogP contribution in [0, 0.1) is 0 Å². The van der Waals surface area contributed by atoms with Gasteiger partial charge in [0.2, 0.25) is 0 Å². The molecule has 0 saturated heterocycles. The molecule has 0 aromatic carbocycles. The molecule has 0 saturated carbocycles. The number of nitrogens with zero attached hydrogens (tertiary/aromatic N) is 2. The van der Waals surface area contributed by atoms with E-state index in [0.29, 0.717) is 0 Å². The summed E-state index contributed by atoms with van der Waals surface area (Å²) in [5.41, 5.74) is 0. The van der Waals surface area contributed by atoms with Crippen LogP contribution < -0.4 is 5.32 Å². The predicted molar refractivity (Wildman–Crippen MR) is 38.4 cm³/mol. The maximum Gasteiger partial charge on any atom is 0.130 e. The smallest absolute Gasteiger partial charge is 0.130 e. The Kier molecular flexibility index (Phi) is 1.02. The van der Waals surface area contributed by atoms with E-state index >= 15 is 0 Å². The molecule has 4 heteroatoms. The van der Waals surface area contributed by atoms with Crippen LogP contribution in [0.5, 0.6) is 0 Å². The van der Waals surface area contributed by atoms with Gasteiger partial charge < -0.3 is 5.32 Å². The van der Waals surface area contributed by atoms with Gasteiger partial charge in [0.05, 0.1) is 6.54 Å². The van der Waals surface area contributed by atoms with E-state index in [2.05, 4.69) is 26.3 Å². The second kappa shape index (κ2) is 1.73. The molecule has 0 fully saturated rings. The van der Waals surface area contributed by atoms with Crippen molar-refractivity contribution in [3.8, 4) is 0 Å². The molecule has 0 radical (unpaired) electrons. The van der Waals surface area contributed by atoms with Crippen molar-refractivity contribution in [1.82, 2.24) is 9.78 Å². The van der Waals surface area contributed by atoms with Gasteiger partial charge in [0.15, 0.2) is 0 Å². The fourth-order valence-corrected chi connectivity index (χ4v) is 1.40. The molecular weight excluding hydrogens is 182 g/mol. The van der Waals surface area contributed by atoms with E-state index in [0.717, 1.165) is 23.5 Å². The molecule has 3 nitrogen and oxygen atoms in total. The van der Waals surface area contributed by atoms with Crippen molar-refractivity contribution in [2.75, 3.05) is 11.9 Å². The molecule has 0 bridgehead atoms. The first-order chi connectivity index (χ1) is 4.36. The van der Waals surface area contributed by atoms with E-state index < -0.39 is 0 Å². The molecule has 1 N–H and O–H groups in total. The van der Waals surface area contributed by atoms with Gasteiger partial charge in [0.1, 0.15) is 10.4 Å². The number of aromatic nitrogens is 2. The van der Waals surface area contributed by atoms with Crippen molar-refractivity contribution < 1.29 is 0 Å². The van der Waals surface area contributed by atoms with Crippen molar-refractivity contribution in [3.05, 3.63) is 10.7 Å². The van der Waals surface area contributed by atoms with Crippen LogP contribution >= 0.6 is 15.9 Å². The van der Waals surface area contributed by atoms with E-state index in [-0.39, 0.29) is 0 Å². The Morgan fingerprint density at radius 1 is 1.78 bits per heavy atom. The summed E-state index contributed by atoms with van der Waals surface area (Å²) in [7, 11) is 0. The number of halogens is 1. The van der Waals surface area contributed by atoms with E-state index in [4.69, 9.17) is 0 Å². The molecule has 1 aromatic rings. The highest BCUT2D eigenvalue weighted by Gasteiger charge is 2.10. The highest BCUT2D eigenvalue weighted by Crippen LogP contribution is 2.18. The topological polar surface area (TPSA) is 29.9 Å². The normalized spacial score (nSPS) is 15.2. The number of fused-ring (bicyclic) bond motifs is 1. The fraction of sp³-hybridized carbons (Fsp3) is 0.400. The van der Waals surface area contributed by atoms with Gasteiger partial charge in [-0.15, -0.1) is 0 Å². The molecule has 9 heavy (non-hydrogen) atoms. The first kappa shape index (κ1) is 5.29. The van der Waals surface area contributed by atoms with E-state index in [9.17, 15) is 0 Å². The van der Waals surface area contributed by atoms with E-state index in [1.807, 2.05) is 10.7 Å². The quantitative estimate of drug-likeness (QED) is 0.659. The van der Waals surface area contributed by atoms with Crippen LogP contribution in [0.25, 0.3) is 0 Å². The van der Waals surface area contributed by atoms with Gasteiger partial charge in [-0.3, -0.25) is 0 Å². The van der Waals surface area contributed by atoms with Crippen molar-refractivity contribution in [2.45, 2.75) is 6.54 Å². The third-order valence-corrected chi connectivity index (χ3v) is 1.77. The first-order valence-electron chi connectivity index (χ1n) is 2.83. The number of hydrogen-bond donors (Lipinski definition) is 1. The van der Waals surface area contributed by atoms with Crippen molar-refractivity contribution in [3.63, 3.8) is 0 Å². The molecule has 1 aromatic heterocycles. The Labute approximate surface area is 61.2 Å². The van der Waals surface area contributed by atoms with Crippen molar-refractivity contribution in [1.29, 1.82) is 0 Å². The SMILES string of the molecule is Brc1cc2n(n1)CCN2. The van der Waals surface area contributed by atoms with Crippen LogP contribution in [0.1, 0.15) is 0 Å². The number of nitrogens with one attached hydrogen (secondary N) is 1. The maximum absolute atomic E-state index is 4.16. The zero-order valence-corrected chi connectivity index (χ0v) is 6.35. The fourth-order valence-electron chi connectivity index (χ4n) is 0.988. The Morgan fingerprint density at radius 2 is 2.67 bits per heavy atom. The second-order valence-electron chi connectivity index (χ2n) is 2.00. The summed E-state index contributed by atoms with van der Waals surface area (Å²) in [6.07, 6.45) is 0. The Balaban J connectivity index is 2.51. The highest BCUT2D eigenvalue weighted by molar-refractivity contribution is 9.10. The lowest BCUT2D eigenvalue weighted by Gasteiger charge is -1.86. The summed E-state index contributed by atoms with van der Waals surface area (Å²) in [6, 6.07) is 1.98. The molecule has 0 unspecified atom stereocenters. The Bertz CT molecular complexity index is 209. The number of rotatable bonds is 0. The molecule has 48 valence electrons. The second-order valence-corrected chi connectivity index (χ2v) is 2.81. The van der Waals surface area contributed by atoms with Gasteiger partial charge in [-0.25, -0.2) is 4.68 Å². The van der Waals surface area contributed by atoms with Crippen LogP contribution in [0.2, 0.25) is 0 Å². The molecule has 2 heterocycles. The third-order valence-electron chi connectivity index (χ3n) is 1.38. The minimum Gasteiger partial charge on any atom is -0.368 e. The Hall–Kier alpha value is -0.510. The average Bonchev–Trinajstić information content (AvgIpc) is 2.22. The number of hydrogen-bond acceptors (Lipinski definition) is 2. The van der Waals surface area contributed by atoms with Gasteiger partial charge in [0.25, 0.3) is 0 Å². The van der Waals surface area contributed by atoms with E-state index in [1.54, 1.807) is 0 Å². The average molecular weight is 188 g/mol. The largest absolute Gasteiger partial charge is 0.368 e. The lowest BCUT2D eigenvalue weighted by molar-refractivity contribution is 0.691. The van der Waals surface area contributed by atoms with Crippen molar-refractivity contribution in [2.24, 2.45) is 0 Å². The summed E-state index contributed by atoms with van der Waals surface area (Å²) in [6.45, 7) is 2.00. The zero-order valence-electron chi connectivity index (χ0n) is 4.76. The van der Waals surface area contributed by atoms with Gasteiger partial charge >= 0.3 is 0 Å². The monoisotopic (exact) mass is 187 g/mol. The molecule has 1 aliphatic rings. The summed E-state index contributed by atoms with van der Waals surface area (Å²) < 4.78 is 2.86. The standard InChI is InChI=1S/C5H6BrN3/c6-4-3-5-7-1-2-9(5)8-4/h3,7H,1-2H2. The molecular formula is C5H6BrN3. The zero-order chi connectivity index (χ0) is 6.27. The molecule has 0 aliphatic carbocycles. The van der Waals surface area contributed by atoms with Crippen LogP contribution in [-0.2, 0) is 6.54 Å². The lowest BCUT2D eigenvalue weighted by atomic mass is 10.6. The van der Waals surface area contributed by atoms with Crippen LogP contribution in [0.4, 0.5) is 5.82 Å². The molecule has 2 rings (SSSR count). The minimum atomic E-state index is 0.907. The van der Waals surface area contributed by atoms with Crippen LogP contribution in [-0.4, -0.2) is 16.3 Å². The molecule has 0 amide bonds. The lowest BCUT2D eigenvalue weighted by Crippen LogP contribution is -1.95. The number of anilines is 1. The van der Waals surface area contributed by atoms with Crippen LogP contribution in [0.3, 0.4) is 0 Å². The molecule has 0 spiro atoms. The third kappa shape index (κ3) is 0.738. The van der Waals surface area contributed by atoms with Gasteiger partial charge in [0, 0.05) is 12.6 Å². The predicted octanol–water partition coefficient (Wildman–Crippen LogP) is 1.07. The maximum atomic E-state index is 4.16. The highest BCUT2D eigenvalue weighted by atomic mass is 79.9. The summed E-state index contributed by atoms with van der Waals surface area (Å²) in [5.74, 6) is 1.11. The van der Waals surface area contributed by atoms with Crippen molar-refractivity contribution >= 4 is 21.7 Å². The van der Waals surface area contributed by atoms with Gasteiger partial charge in [-0.1, -0.05) is 0 Å². The summed E-state index contributed by atoms with van der Waals surface area (Å²) in [5, 5.41) is 7.35.